The summed E-state index contributed by atoms with van der Waals surface area (Å²) in [6.45, 7) is 0.849. The van der Waals surface area contributed by atoms with Crippen LogP contribution in [0, 0.1) is 0 Å². The highest BCUT2D eigenvalue weighted by atomic mass is 31.2. The van der Waals surface area contributed by atoms with Gasteiger partial charge in [-0.1, -0.05) is 0 Å². The minimum absolute atomic E-state index is 0.439. The number of hydrogen-bond acceptors (Lipinski definition) is 5. The zero-order chi connectivity index (χ0) is 12.3. The predicted molar refractivity (Wildman–Crippen MR) is 53.5 cm³/mol. The van der Waals surface area contributed by atoms with E-state index in [9.17, 15) is 9.36 Å². The van der Waals surface area contributed by atoms with E-state index in [1.165, 1.54) is 0 Å². The van der Waals surface area contributed by atoms with E-state index >= 15 is 0 Å². The second-order valence-corrected chi connectivity index (χ2v) is 4.07. The minimum Gasteiger partial charge on any atom is -0.480 e. The fourth-order valence-corrected chi connectivity index (χ4v) is 0.829. The fraction of sp³-hybridized carbons (Fsp3) is 0.833. The van der Waals surface area contributed by atoms with Crippen molar-refractivity contribution in [1.29, 1.82) is 0 Å². The smallest absolute Gasteiger partial charge is 0.339 e. The second-order valence-electron chi connectivity index (χ2n) is 2.42. The van der Waals surface area contributed by atoms with Gasteiger partial charge in [0.25, 0.3) is 0 Å². The van der Waals surface area contributed by atoms with Crippen molar-refractivity contribution < 1.29 is 29.0 Å². The molecule has 92 valence electrons. The summed E-state index contributed by atoms with van der Waals surface area (Å²) in [6, 6.07) is 0. The summed E-state index contributed by atoms with van der Waals surface area (Å²) >= 11 is 0. The zero-order valence-corrected chi connectivity index (χ0v) is 9.31. The predicted octanol–water partition coefficient (Wildman–Crippen LogP) is -1.61. The average molecular weight is 244 g/mol. The third-order valence-electron chi connectivity index (χ3n) is 0.916. The SMILES string of the molecule is COCCN.O=C(O)CNCP(=O)(O)O. The lowest BCUT2D eigenvalue weighted by atomic mass is 10.7. The first kappa shape index (κ1) is 16.9. The molecule has 0 unspecified atom stereocenters. The third kappa shape index (κ3) is 24.7. The fourth-order valence-electron chi connectivity index (χ4n) is 0.426. The topological polar surface area (TPSA) is 142 Å². The third-order valence-corrected chi connectivity index (χ3v) is 1.55. The van der Waals surface area contributed by atoms with Gasteiger partial charge in [-0.25, -0.2) is 0 Å². The van der Waals surface area contributed by atoms with E-state index in [1.807, 2.05) is 0 Å². The van der Waals surface area contributed by atoms with Gasteiger partial charge in [-0.15, -0.1) is 0 Å². The highest BCUT2D eigenvalue weighted by Gasteiger charge is 2.11. The highest BCUT2D eigenvalue weighted by molar-refractivity contribution is 7.51. The average Bonchev–Trinajstić information content (AvgIpc) is 2.03. The van der Waals surface area contributed by atoms with Crippen molar-refractivity contribution >= 4 is 13.6 Å². The summed E-state index contributed by atoms with van der Waals surface area (Å²) in [4.78, 5) is 26.1. The number of carbonyl (C=O) groups is 1. The molecule has 0 aromatic rings. The Morgan fingerprint density at radius 3 is 2.27 bits per heavy atom. The van der Waals surface area contributed by atoms with Crippen LogP contribution in [0.15, 0.2) is 0 Å². The standard InChI is InChI=1S/C3H8NO5P.C3H9NO/c5-3(6)1-4-2-10(7,8)9;1-5-3-2-4/h4H,1-2H2,(H,5,6)(H2,7,8,9);2-4H2,1H3. The molecule has 6 N–H and O–H groups in total. The van der Waals surface area contributed by atoms with Gasteiger partial charge in [0.15, 0.2) is 0 Å². The second kappa shape index (κ2) is 10.0. The van der Waals surface area contributed by atoms with Crippen molar-refractivity contribution in [2.24, 2.45) is 5.73 Å². The molecule has 0 rings (SSSR count). The molecule has 0 saturated heterocycles. The molecule has 0 saturated carbocycles. The van der Waals surface area contributed by atoms with Crippen LogP contribution in [-0.4, -0.2) is 54.0 Å². The van der Waals surface area contributed by atoms with Gasteiger partial charge in [-0.05, 0) is 0 Å². The number of methoxy groups -OCH3 is 1. The summed E-state index contributed by atoms with van der Waals surface area (Å²) < 4.78 is 14.6. The van der Waals surface area contributed by atoms with Crippen LogP contribution < -0.4 is 11.1 Å². The number of ether oxygens (including phenoxy) is 1. The first-order chi connectivity index (χ1) is 6.83. The van der Waals surface area contributed by atoms with Crippen molar-refractivity contribution in [3.63, 3.8) is 0 Å². The molecule has 0 bridgehead atoms. The molecule has 0 spiro atoms. The molecule has 0 aromatic carbocycles. The van der Waals surface area contributed by atoms with Crippen molar-refractivity contribution in [3.05, 3.63) is 0 Å². The maximum atomic E-state index is 10.1. The van der Waals surface area contributed by atoms with Gasteiger partial charge in [-0.2, -0.15) is 0 Å². The summed E-state index contributed by atoms with van der Waals surface area (Å²) in [5, 5.41) is 10.1. The summed E-state index contributed by atoms with van der Waals surface area (Å²) in [5.74, 6) is -1.14. The molecular weight excluding hydrogens is 227 g/mol. The lowest BCUT2D eigenvalue weighted by Crippen LogP contribution is -2.23. The van der Waals surface area contributed by atoms with E-state index in [0.29, 0.717) is 13.2 Å². The van der Waals surface area contributed by atoms with Gasteiger partial charge in [0, 0.05) is 13.7 Å². The Morgan fingerprint density at radius 2 is 2.07 bits per heavy atom. The van der Waals surface area contributed by atoms with Crippen molar-refractivity contribution in [1.82, 2.24) is 5.32 Å². The largest absolute Gasteiger partial charge is 0.480 e. The minimum atomic E-state index is -4.10. The summed E-state index contributed by atoms with van der Waals surface area (Å²) in [7, 11) is -2.46. The molecule has 0 radical (unpaired) electrons. The number of rotatable bonds is 6. The number of aliphatic carboxylic acids is 1. The lowest BCUT2D eigenvalue weighted by Gasteiger charge is -2.02. The van der Waals surface area contributed by atoms with E-state index in [0.717, 1.165) is 0 Å². The van der Waals surface area contributed by atoms with Gasteiger partial charge in [0.05, 0.1) is 19.4 Å². The van der Waals surface area contributed by atoms with Crippen LogP contribution in [0.3, 0.4) is 0 Å². The van der Waals surface area contributed by atoms with Gasteiger partial charge in [0.1, 0.15) is 0 Å². The molecule has 0 heterocycles. The highest BCUT2D eigenvalue weighted by Crippen LogP contribution is 2.31. The van der Waals surface area contributed by atoms with Gasteiger partial charge >= 0.3 is 13.6 Å². The Bertz CT molecular complexity index is 204. The van der Waals surface area contributed by atoms with Gasteiger partial charge < -0.3 is 25.4 Å². The summed E-state index contributed by atoms with van der Waals surface area (Å²) in [6.07, 6.45) is -0.598. The van der Waals surface area contributed by atoms with E-state index in [4.69, 9.17) is 20.6 Å². The first-order valence-electron chi connectivity index (χ1n) is 3.99. The van der Waals surface area contributed by atoms with Crippen LogP contribution in [0.1, 0.15) is 0 Å². The monoisotopic (exact) mass is 244 g/mol. The number of nitrogens with two attached hydrogens (primary N) is 1. The molecule has 15 heavy (non-hydrogen) atoms. The van der Waals surface area contributed by atoms with E-state index in [1.54, 1.807) is 7.11 Å². The number of hydrogen-bond donors (Lipinski definition) is 5. The van der Waals surface area contributed by atoms with Crippen molar-refractivity contribution in [2.45, 2.75) is 0 Å². The maximum absolute atomic E-state index is 10.1. The van der Waals surface area contributed by atoms with Crippen LogP contribution in [0.2, 0.25) is 0 Å². The van der Waals surface area contributed by atoms with Gasteiger partial charge in [0.2, 0.25) is 0 Å². The quantitative estimate of drug-likeness (QED) is 0.351. The van der Waals surface area contributed by atoms with E-state index < -0.39 is 26.4 Å². The molecule has 0 aliphatic rings. The van der Waals surface area contributed by atoms with Crippen molar-refractivity contribution in [3.8, 4) is 0 Å². The van der Waals surface area contributed by atoms with Crippen LogP contribution in [0.25, 0.3) is 0 Å². The Morgan fingerprint density at radius 1 is 1.53 bits per heavy atom. The number of nitrogens with one attached hydrogen (secondary N) is 1. The molecular formula is C6H17N2O6P. The molecule has 0 fully saturated rings. The molecule has 0 amide bonds. The van der Waals surface area contributed by atoms with Crippen LogP contribution in [0.4, 0.5) is 0 Å². The number of carboxylic acid groups (broad SMARTS) is 1. The van der Waals surface area contributed by atoms with Crippen LogP contribution in [0.5, 0.6) is 0 Å². The summed E-state index contributed by atoms with van der Waals surface area (Å²) in [5.41, 5.74) is 5.01. The molecule has 9 heteroatoms. The Labute approximate surface area is 87.6 Å². The van der Waals surface area contributed by atoms with E-state index in [-0.39, 0.29) is 0 Å². The molecule has 0 aliphatic heterocycles. The Balaban J connectivity index is 0. The molecule has 8 nitrogen and oxygen atoms in total. The lowest BCUT2D eigenvalue weighted by molar-refractivity contribution is -0.135. The normalized spacial score (nSPS) is 10.4. The molecule has 0 aromatic heterocycles. The van der Waals surface area contributed by atoms with Crippen LogP contribution >= 0.6 is 7.60 Å². The molecule has 0 aliphatic carbocycles. The van der Waals surface area contributed by atoms with E-state index in [2.05, 4.69) is 10.1 Å². The Hall–Kier alpha value is -0.500. The van der Waals surface area contributed by atoms with Gasteiger partial charge in [-0.3, -0.25) is 14.7 Å². The Kier molecular flexibility index (Phi) is 11.3. The molecule has 0 atom stereocenters. The first-order valence-corrected chi connectivity index (χ1v) is 5.79. The number of carboxylic acids is 1. The zero-order valence-electron chi connectivity index (χ0n) is 8.42. The van der Waals surface area contributed by atoms with Crippen molar-refractivity contribution in [2.75, 3.05) is 33.1 Å². The maximum Gasteiger partial charge on any atom is 0.339 e. The van der Waals surface area contributed by atoms with Crippen LogP contribution in [-0.2, 0) is 14.1 Å².